The highest BCUT2D eigenvalue weighted by atomic mass is 16.3. The number of pyridine rings is 1. The maximum absolute atomic E-state index is 12.5. The Balaban J connectivity index is 1.66. The Morgan fingerprint density at radius 3 is 2.90 bits per heavy atom. The summed E-state index contributed by atoms with van der Waals surface area (Å²) in [5.41, 5.74) is 2.06. The fraction of sp³-hybridized carbons (Fsp3) is 0.375. The van der Waals surface area contributed by atoms with Crippen LogP contribution >= 0.6 is 0 Å². The van der Waals surface area contributed by atoms with Gasteiger partial charge in [0, 0.05) is 24.3 Å². The van der Waals surface area contributed by atoms with E-state index in [2.05, 4.69) is 52.0 Å². The lowest BCUT2D eigenvalue weighted by Gasteiger charge is -2.32. The Kier molecular flexibility index (Phi) is 4.88. The zero-order valence-electron chi connectivity index (χ0n) is 17.5. The van der Waals surface area contributed by atoms with Gasteiger partial charge in [-0.25, -0.2) is 4.98 Å². The summed E-state index contributed by atoms with van der Waals surface area (Å²) in [5.74, 6) is -0.306. The number of fused-ring (bicyclic) bond motifs is 6. The number of nitrogens with zero attached hydrogens (tertiary/aromatic N) is 4. The Morgan fingerprint density at radius 1 is 1.23 bits per heavy atom. The molecule has 3 aromatic rings. The number of aromatic nitrogens is 4. The van der Waals surface area contributed by atoms with E-state index in [1.165, 1.54) is 11.8 Å². The second-order valence-electron chi connectivity index (χ2n) is 8.63. The normalized spacial score (nSPS) is 19.7. The summed E-state index contributed by atoms with van der Waals surface area (Å²) < 4.78 is 3.97. The molecule has 31 heavy (non-hydrogen) atoms. The lowest BCUT2D eigenvalue weighted by Crippen LogP contribution is -2.36. The first-order valence-corrected chi connectivity index (χ1v) is 10.9. The van der Waals surface area contributed by atoms with Crippen molar-refractivity contribution >= 4 is 16.7 Å². The zero-order chi connectivity index (χ0) is 21.4. The standard InChI is InChI=1S/C24H27N5O2/c1-17-21-22(31)20(30)15-28(27-21)16-24(9-4-5-10-24)29-12-8-19-13-18(14-26-23(19)29)7-3-2-6-11-25-17/h2-3,8,12-15,25,30H,1,4-7,9-11,16H2/b3-2+. The molecule has 0 saturated heterocycles. The van der Waals surface area contributed by atoms with Crippen LogP contribution in [0.5, 0.6) is 5.75 Å². The van der Waals surface area contributed by atoms with E-state index in [4.69, 9.17) is 4.98 Å². The van der Waals surface area contributed by atoms with Gasteiger partial charge < -0.3 is 15.0 Å². The molecule has 2 aliphatic heterocycles. The van der Waals surface area contributed by atoms with Gasteiger partial charge in [-0.3, -0.25) is 9.48 Å². The van der Waals surface area contributed by atoms with Crippen molar-refractivity contribution in [1.29, 1.82) is 0 Å². The third kappa shape index (κ3) is 3.54. The SMILES string of the molecule is C=C1NCC/C=C/Cc2cnc3c(ccn3C3(CCCC3)Cn3cc(O)c(=O)c1n3)c2. The molecule has 0 radical (unpaired) electrons. The molecule has 5 heterocycles. The van der Waals surface area contributed by atoms with Crippen molar-refractivity contribution in [2.45, 2.75) is 50.6 Å². The van der Waals surface area contributed by atoms with E-state index in [0.717, 1.165) is 49.6 Å². The van der Waals surface area contributed by atoms with Crippen LogP contribution in [0.4, 0.5) is 0 Å². The van der Waals surface area contributed by atoms with Gasteiger partial charge in [0.05, 0.1) is 24.0 Å². The summed E-state index contributed by atoms with van der Waals surface area (Å²) in [5, 5.41) is 19.2. The number of allylic oxidation sites excluding steroid dienone is 1. The molecular weight excluding hydrogens is 390 g/mol. The summed E-state index contributed by atoms with van der Waals surface area (Å²) >= 11 is 0. The minimum absolute atomic E-state index is 0.168. The maximum Gasteiger partial charge on any atom is 0.251 e. The van der Waals surface area contributed by atoms with E-state index in [-0.39, 0.29) is 17.0 Å². The second-order valence-corrected chi connectivity index (χ2v) is 8.63. The summed E-state index contributed by atoms with van der Waals surface area (Å²) in [4.78, 5) is 17.3. The monoisotopic (exact) mass is 417 g/mol. The summed E-state index contributed by atoms with van der Waals surface area (Å²) in [6, 6.07) is 4.35. The van der Waals surface area contributed by atoms with Crippen molar-refractivity contribution in [2.75, 3.05) is 6.54 Å². The van der Waals surface area contributed by atoms with Gasteiger partial charge in [-0.15, -0.1) is 0 Å². The molecule has 7 nitrogen and oxygen atoms in total. The smallest absolute Gasteiger partial charge is 0.251 e. The predicted molar refractivity (Wildman–Crippen MR) is 121 cm³/mol. The zero-order valence-corrected chi connectivity index (χ0v) is 17.5. The minimum Gasteiger partial charge on any atom is -0.503 e. The average molecular weight is 418 g/mol. The van der Waals surface area contributed by atoms with Gasteiger partial charge in [-0.05, 0) is 43.4 Å². The van der Waals surface area contributed by atoms with Crippen molar-refractivity contribution < 1.29 is 5.11 Å². The number of rotatable bonds is 0. The van der Waals surface area contributed by atoms with Crippen LogP contribution in [-0.2, 0) is 18.5 Å². The highest BCUT2D eigenvalue weighted by Gasteiger charge is 2.37. The highest BCUT2D eigenvalue weighted by molar-refractivity contribution is 5.77. The second kappa shape index (κ2) is 7.72. The van der Waals surface area contributed by atoms with Crippen LogP contribution in [0.25, 0.3) is 16.7 Å². The number of hydrogen-bond donors (Lipinski definition) is 2. The summed E-state index contributed by atoms with van der Waals surface area (Å²) in [6.07, 6.45) is 15.6. The lowest BCUT2D eigenvalue weighted by atomic mass is 9.97. The molecule has 1 saturated carbocycles. The summed E-state index contributed by atoms with van der Waals surface area (Å²) in [7, 11) is 0. The molecule has 0 amide bonds. The molecular formula is C24H27N5O2. The number of hydrogen-bond acceptors (Lipinski definition) is 5. The molecule has 3 aromatic heterocycles. The maximum atomic E-state index is 12.5. The fourth-order valence-corrected chi connectivity index (χ4v) is 4.90. The first-order valence-electron chi connectivity index (χ1n) is 10.9. The molecule has 6 bridgehead atoms. The van der Waals surface area contributed by atoms with Gasteiger partial charge in [0.15, 0.2) is 11.4 Å². The van der Waals surface area contributed by atoms with Gasteiger partial charge in [-0.1, -0.05) is 31.6 Å². The quantitative estimate of drug-likeness (QED) is 0.548. The predicted octanol–water partition coefficient (Wildman–Crippen LogP) is 3.33. The van der Waals surface area contributed by atoms with E-state index in [9.17, 15) is 9.90 Å². The van der Waals surface area contributed by atoms with E-state index < -0.39 is 5.43 Å². The molecule has 1 fully saturated rings. The van der Waals surface area contributed by atoms with E-state index >= 15 is 0 Å². The molecule has 1 spiro atoms. The first kappa shape index (κ1) is 19.6. The third-order valence-corrected chi connectivity index (χ3v) is 6.49. The molecule has 160 valence electrons. The van der Waals surface area contributed by atoms with Crippen molar-refractivity contribution in [3.05, 3.63) is 70.9 Å². The van der Waals surface area contributed by atoms with Gasteiger partial charge in [0.2, 0.25) is 0 Å². The van der Waals surface area contributed by atoms with Crippen LogP contribution in [0, 0.1) is 0 Å². The van der Waals surface area contributed by atoms with Gasteiger partial charge in [0.25, 0.3) is 5.43 Å². The average Bonchev–Trinajstić information content (AvgIpc) is 3.39. The highest BCUT2D eigenvalue weighted by Crippen LogP contribution is 2.40. The minimum atomic E-state index is -0.497. The molecule has 0 unspecified atom stereocenters. The van der Waals surface area contributed by atoms with Crippen LogP contribution in [0.1, 0.15) is 43.4 Å². The third-order valence-electron chi connectivity index (χ3n) is 6.49. The first-order chi connectivity index (χ1) is 15.1. The Morgan fingerprint density at radius 2 is 2.06 bits per heavy atom. The molecule has 6 rings (SSSR count). The van der Waals surface area contributed by atoms with Crippen LogP contribution in [0.3, 0.4) is 0 Å². The molecule has 1 aliphatic carbocycles. The van der Waals surface area contributed by atoms with Gasteiger partial charge in [-0.2, -0.15) is 5.10 Å². The van der Waals surface area contributed by atoms with Gasteiger partial charge in [0.1, 0.15) is 5.65 Å². The van der Waals surface area contributed by atoms with Crippen LogP contribution in [0.15, 0.2) is 54.2 Å². The van der Waals surface area contributed by atoms with Crippen molar-refractivity contribution in [3.63, 3.8) is 0 Å². The van der Waals surface area contributed by atoms with Gasteiger partial charge >= 0.3 is 0 Å². The van der Waals surface area contributed by atoms with Crippen LogP contribution in [0.2, 0.25) is 0 Å². The molecule has 3 aliphatic rings. The molecule has 2 N–H and O–H groups in total. The van der Waals surface area contributed by atoms with E-state index in [1.807, 2.05) is 6.20 Å². The van der Waals surface area contributed by atoms with E-state index in [0.29, 0.717) is 18.8 Å². The van der Waals surface area contributed by atoms with Crippen molar-refractivity contribution in [2.24, 2.45) is 0 Å². The lowest BCUT2D eigenvalue weighted by molar-refractivity contribution is 0.240. The van der Waals surface area contributed by atoms with E-state index in [1.54, 1.807) is 4.68 Å². The fourth-order valence-electron chi connectivity index (χ4n) is 4.90. The number of aromatic hydroxyl groups is 1. The van der Waals surface area contributed by atoms with Crippen molar-refractivity contribution in [1.82, 2.24) is 24.6 Å². The Bertz CT molecular complexity index is 1230. The summed E-state index contributed by atoms with van der Waals surface area (Å²) in [6.45, 7) is 5.17. The van der Waals surface area contributed by atoms with Crippen molar-refractivity contribution in [3.8, 4) is 5.75 Å². The Hall–Kier alpha value is -3.35. The molecule has 0 aromatic carbocycles. The topological polar surface area (TPSA) is 85.0 Å². The molecule has 0 atom stereocenters. The van der Waals surface area contributed by atoms with Crippen LogP contribution < -0.4 is 10.7 Å². The van der Waals surface area contributed by atoms with Crippen LogP contribution in [-0.4, -0.2) is 31.0 Å². The Labute approximate surface area is 180 Å². The largest absolute Gasteiger partial charge is 0.503 e. The number of nitrogens with one attached hydrogen (secondary N) is 1. The molecule has 7 heteroatoms.